The minimum absolute atomic E-state index is 0.117. The van der Waals surface area contributed by atoms with Crippen LogP contribution in [0.25, 0.3) is 33.4 Å². The number of carbonyl (C=O) groups is 1. The Bertz CT molecular complexity index is 1550. The molecule has 5 rings (SSSR count). The molecular formula is C30H25NO6. The number of carboxylic acid groups (broad SMARTS) is 1. The van der Waals surface area contributed by atoms with Crippen molar-refractivity contribution in [2.45, 2.75) is 13.5 Å². The Kier molecular flexibility index (Phi) is 6.76. The Balaban J connectivity index is 1.44. The highest BCUT2D eigenvalue weighted by Crippen LogP contribution is 2.35. The molecule has 1 aromatic heterocycles. The van der Waals surface area contributed by atoms with Gasteiger partial charge in [0.2, 0.25) is 5.89 Å². The van der Waals surface area contributed by atoms with E-state index in [1.165, 1.54) is 0 Å². The van der Waals surface area contributed by atoms with Gasteiger partial charge in [0.1, 0.15) is 22.9 Å². The highest BCUT2D eigenvalue weighted by Gasteiger charge is 2.18. The van der Waals surface area contributed by atoms with E-state index < -0.39 is 12.6 Å². The zero-order chi connectivity index (χ0) is 25.8. The largest absolute Gasteiger partial charge is 0.497 e. The molecule has 1 N–H and O–H groups in total. The number of nitrogens with zero attached hydrogens (tertiary/aromatic N) is 1. The number of aryl methyl sites for hydroxylation is 1. The van der Waals surface area contributed by atoms with Gasteiger partial charge in [0.05, 0.1) is 7.11 Å². The first-order valence-corrected chi connectivity index (χ1v) is 11.7. The summed E-state index contributed by atoms with van der Waals surface area (Å²) in [5, 5.41) is 11.1. The lowest BCUT2D eigenvalue weighted by atomic mass is 10.0. The smallest absolute Gasteiger partial charge is 0.341 e. The van der Waals surface area contributed by atoms with E-state index in [9.17, 15) is 4.79 Å². The van der Waals surface area contributed by atoms with Crippen LogP contribution in [0.5, 0.6) is 17.2 Å². The van der Waals surface area contributed by atoms with Crippen LogP contribution in [-0.2, 0) is 11.4 Å². The molecule has 186 valence electrons. The lowest BCUT2D eigenvalue weighted by Crippen LogP contribution is -2.10. The molecule has 0 unspecified atom stereocenters. The van der Waals surface area contributed by atoms with Gasteiger partial charge in [0.25, 0.3) is 0 Å². The molecule has 0 atom stereocenters. The summed E-state index contributed by atoms with van der Waals surface area (Å²) in [5.74, 6) is 1.90. The Labute approximate surface area is 213 Å². The number of oxazole rings is 1. The van der Waals surface area contributed by atoms with E-state index in [-0.39, 0.29) is 6.61 Å². The summed E-state index contributed by atoms with van der Waals surface area (Å²) < 4.78 is 22.8. The molecule has 0 aliphatic heterocycles. The molecule has 0 saturated heterocycles. The molecule has 1 heterocycles. The molecule has 7 nitrogen and oxygen atoms in total. The van der Waals surface area contributed by atoms with Crippen LogP contribution in [0.15, 0.2) is 89.3 Å². The third-order valence-corrected chi connectivity index (χ3v) is 5.91. The number of methoxy groups -OCH3 is 1. The number of aliphatic carboxylic acids is 1. The minimum Gasteiger partial charge on any atom is -0.497 e. The van der Waals surface area contributed by atoms with Crippen molar-refractivity contribution in [3.8, 4) is 39.8 Å². The van der Waals surface area contributed by atoms with E-state index in [1.807, 2.05) is 49.4 Å². The van der Waals surface area contributed by atoms with Gasteiger partial charge in [-0.1, -0.05) is 36.4 Å². The number of carboxylic acids is 1. The molecule has 37 heavy (non-hydrogen) atoms. The fourth-order valence-corrected chi connectivity index (χ4v) is 4.06. The standard InChI is InChI=1S/C30H25NO6/c1-19-15-25(13-14-26(19)36-18-28(32)33)35-17-27-31-29(21-9-11-24(34-2)12-10-21)30(37-27)23-8-7-20-5-3-4-6-22(20)16-23/h3-16H,17-18H2,1-2H3,(H,32,33). The van der Waals surface area contributed by atoms with E-state index in [2.05, 4.69) is 24.3 Å². The van der Waals surface area contributed by atoms with Crippen molar-refractivity contribution < 1.29 is 28.5 Å². The zero-order valence-electron chi connectivity index (χ0n) is 20.4. The fraction of sp³-hybridized carbons (Fsp3) is 0.133. The molecule has 5 aromatic rings. The van der Waals surface area contributed by atoms with Gasteiger partial charge in [-0.3, -0.25) is 0 Å². The summed E-state index contributed by atoms with van der Waals surface area (Å²) >= 11 is 0. The van der Waals surface area contributed by atoms with Crippen molar-refractivity contribution in [3.63, 3.8) is 0 Å². The maximum Gasteiger partial charge on any atom is 0.341 e. The first-order valence-electron chi connectivity index (χ1n) is 11.7. The Hall–Kier alpha value is -4.78. The second-order valence-electron chi connectivity index (χ2n) is 8.47. The minimum atomic E-state index is -1.03. The molecule has 0 radical (unpaired) electrons. The van der Waals surface area contributed by atoms with Gasteiger partial charge in [0, 0.05) is 11.1 Å². The molecule has 4 aromatic carbocycles. The second-order valence-corrected chi connectivity index (χ2v) is 8.47. The molecule has 0 saturated carbocycles. The van der Waals surface area contributed by atoms with Crippen LogP contribution in [0.3, 0.4) is 0 Å². The third kappa shape index (κ3) is 5.41. The molecule has 7 heteroatoms. The van der Waals surface area contributed by atoms with Crippen molar-refractivity contribution in [1.82, 2.24) is 4.98 Å². The number of benzene rings is 4. The van der Waals surface area contributed by atoms with Gasteiger partial charge in [-0.2, -0.15) is 0 Å². The van der Waals surface area contributed by atoms with Crippen LogP contribution in [0.4, 0.5) is 0 Å². The lowest BCUT2D eigenvalue weighted by molar-refractivity contribution is -0.139. The summed E-state index contributed by atoms with van der Waals surface area (Å²) in [4.78, 5) is 15.5. The summed E-state index contributed by atoms with van der Waals surface area (Å²) in [6.45, 7) is 1.54. The van der Waals surface area contributed by atoms with E-state index >= 15 is 0 Å². The molecule has 0 bridgehead atoms. The van der Waals surface area contributed by atoms with Crippen molar-refractivity contribution in [3.05, 3.63) is 96.4 Å². The van der Waals surface area contributed by atoms with Crippen LogP contribution in [0, 0.1) is 6.92 Å². The highest BCUT2D eigenvalue weighted by atomic mass is 16.5. The molecule has 0 spiro atoms. The van der Waals surface area contributed by atoms with Crippen LogP contribution < -0.4 is 14.2 Å². The van der Waals surface area contributed by atoms with E-state index in [1.54, 1.807) is 25.3 Å². The zero-order valence-corrected chi connectivity index (χ0v) is 20.4. The maximum atomic E-state index is 10.8. The summed E-state index contributed by atoms with van der Waals surface area (Å²) in [5.41, 5.74) is 3.29. The van der Waals surface area contributed by atoms with E-state index in [0.29, 0.717) is 28.8 Å². The third-order valence-electron chi connectivity index (χ3n) is 5.91. The van der Waals surface area contributed by atoms with E-state index in [0.717, 1.165) is 33.2 Å². The highest BCUT2D eigenvalue weighted by molar-refractivity contribution is 5.88. The molecular weight excluding hydrogens is 470 g/mol. The Morgan fingerprint density at radius 3 is 2.32 bits per heavy atom. The quantitative estimate of drug-likeness (QED) is 0.249. The van der Waals surface area contributed by atoms with Crippen molar-refractivity contribution in [2.24, 2.45) is 0 Å². The van der Waals surface area contributed by atoms with Crippen LogP contribution in [0.1, 0.15) is 11.5 Å². The second kappa shape index (κ2) is 10.5. The molecule has 0 fully saturated rings. The van der Waals surface area contributed by atoms with Crippen LogP contribution in [0.2, 0.25) is 0 Å². The number of rotatable bonds is 9. The van der Waals surface area contributed by atoms with Gasteiger partial charge in [-0.15, -0.1) is 0 Å². The van der Waals surface area contributed by atoms with Crippen molar-refractivity contribution in [1.29, 1.82) is 0 Å². The van der Waals surface area contributed by atoms with Crippen molar-refractivity contribution >= 4 is 16.7 Å². The number of ether oxygens (including phenoxy) is 3. The Morgan fingerprint density at radius 1 is 0.865 bits per heavy atom. The topological polar surface area (TPSA) is 91.0 Å². The first kappa shape index (κ1) is 23.9. The summed E-state index contributed by atoms with van der Waals surface area (Å²) in [6, 6.07) is 27.2. The van der Waals surface area contributed by atoms with Crippen molar-refractivity contribution in [2.75, 3.05) is 13.7 Å². The van der Waals surface area contributed by atoms with Gasteiger partial charge in [0.15, 0.2) is 19.0 Å². The van der Waals surface area contributed by atoms with Gasteiger partial charge >= 0.3 is 5.97 Å². The Morgan fingerprint density at radius 2 is 1.59 bits per heavy atom. The maximum absolute atomic E-state index is 10.8. The van der Waals surface area contributed by atoms with Gasteiger partial charge < -0.3 is 23.7 Å². The van der Waals surface area contributed by atoms with E-state index in [4.69, 9.17) is 28.7 Å². The molecule has 0 aliphatic carbocycles. The molecule has 0 amide bonds. The predicted octanol–water partition coefficient (Wildman–Crippen LogP) is 6.52. The molecule has 0 aliphatic rings. The predicted molar refractivity (Wildman–Crippen MR) is 140 cm³/mol. The van der Waals surface area contributed by atoms with Gasteiger partial charge in [-0.25, -0.2) is 9.78 Å². The lowest BCUT2D eigenvalue weighted by Gasteiger charge is -2.09. The number of aromatic nitrogens is 1. The average Bonchev–Trinajstić information content (AvgIpc) is 3.35. The van der Waals surface area contributed by atoms with Gasteiger partial charge in [-0.05, 0) is 71.8 Å². The summed E-state index contributed by atoms with van der Waals surface area (Å²) in [6.07, 6.45) is 0. The monoisotopic (exact) mass is 495 g/mol. The van der Waals surface area contributed by atoms with Crippen LogP contribution >= 0.6 is 0 Å². The fourth-order valence-electron chi connectivity index (χ4n) is 4.06. The summed E-state index contributed by atoms with van der Waals surface area (Å²) in [7, 11) is 1.63. The number of hydrogen-bond acceptors (Lipinski definition) is 6. The number of hydrogen-bond donors (Lipinski definition) is 1. The number of fused-ring (bicyclic) bond motifs is 1. The normalized spacial score (nSPS) is 10.9. The first-order chi connectivity index (χ1) is 18.0. The SMILES string of the molecule is COc1ccc(-c2nc(COc3ccc(OCC(=O)O)c(C)c3)oc2-c2ccc3ccccc3c2)cc1. The van der Waals surface area contributed by atoms with Crippen LogP contribution in [-0.4, -0.2) is 29.8 Å². The average molecular weight is 496 g/mol.